The van der Waals surface area contributed by atoms with Crippen molar-refractivity contribution in [3.05, 3.63) is 35.9 Å². The van der Waals surface area contributed by atoms with Crippen LogP contribution in [-0.2, 0) is 0 Å². The summed E-state index contributed by atoms with van der Waals surface area (Å²) in [5.74, 6) is 0.475. The van der Waals surface area contributed by atoms with Crippen molar-refractivity contribution in [2.75, 3.05) is 13.1 Å². The third-order valence-corrected chi connectivity index (χ3v) is 4.33. The first-order valence-electron chi connectivity index (χ1n) is 8.14. The minimum Gasteiger partial charge on any atom is -0.324 e. The maximum atomic E-state index is 6.43. The monoisotopic (exact) mass is 276 g/mol. The van der Waals surface area contributed by atoms with Gasteiger partial charge in [-0.15, -0.1) is 0 Å². The Kier molecular flexibility index (Phi) is 7.86. The third kappa shape index (κ3) is 5.26. The Bertz CT molecular complexity index is 350. The second kappa shape index (κ2) is 9.15. The molecule has 0 spiro atoms. The molecular formula is C18H32N2. The second-order valence-electron chi connectivity index (χ2n) is 6.02. The Labute approximate surface area is 125 Å². The van der Waals surface area contributed by atoms with Gasteiger partial charge in [-0.2, -0.15) is 0 Å². The molecule has 0 aliphatic carbocycles. The van der Waals surface area contributed by atoms with E-state index in [1.54, 1.807) is 0 Å². The standard InChI is InChI=1S/C18H32N2/c1-5-7-13-20(16(4)6-2)14-15(3)18(19)17-11-9-8-10-12-17/h8-12,15-16,18H,5-7,13-14,19H2,1-4H3. The van der Waals surface area contributed by atoms with Crippen molar-refractivity contribution >= 4 is 0 Å². The lowest BCUT2D eigenvalue weighted by Crippen LogP contribution is -2.39. The summed E-state index contributed by atoms with van der Waals surface area (Å²) >= 11 is 0. The molecule has 0 saturated heterocycles. The van der Waals surface area contributed by atoms with E-state index in [-0.39, 0.29) is 6.04 Å². The highest BCUT2D eigenvalue weighted by Gasteiger charge is 2.20. The van der Waals surface area contributed by atoms with Crippen molar-refractivity contribution in [1.29, 1.82) is 0 Å². The highest BCUT2D eigenvalue weighted by atomic mass is 15.1. The van der Waals surface area contributed by atoms with Gasteiger partial charge in [-0.1, -0.05) is 57.5 Å². The van der Waals surface area contributed by atoms with Crippen LogP contribution in [0.4, 0.5) is 0 Å². The molecular weight excluding hydrogens is 244 g/mol. The van der Waals surface area contributed by atoms with Crippen molar-refractivity contribution in [3.8, 4) is 0 Å². The van der Waals surface area contributed by atoms with E-state index in [0.29, 0.717) is 12.0 Å². The Morgan fingerprint density at radius 2 is 1.75 bits per heavy atom. The summed E-state index contributed by atoms with van der Waals surface area (Å²) in [5.41, 5.74) is 7.68. The van der Waals surface area contributed by atoms with Gasteiger partial charge in [0, 0.05) is 18.6 Å². The van der Waals surface area contributed by atoms with Crippen LogP contribution >= 0.6 is 0 Å². The SMILES string of the molecule is CCCCN(CC(C)C(N)c1ccccc1)C(C)CC. The quantitative estimate of drug-likeness (QED) is 0.731. The summed E-state index contributed by atoms with van der Waals surface area (Å²) in [7, 11) is 0. The van der Waals surface area contributed by atoms with Gasteiger partial charge in [0.2, 0.25) is 0 Å². The molecule has 0 radical (unpaired) electrons. The van der Waals surface area contributed by atoms with E-state index < -0.39 is 0 Å². The number of benzene rings is 1. The minimum atomic E-state index is 0.129. The molecule has 20 heavy (non-hydrogen) atoms. The molecule has 0 aliphatic heterocycles. The van der Waals surface area contributed by atoms with Crippen molar-refractivity contribution in [3.63, 3.8) is 0 Å². The lowest BCUT2D eigenvalue weighted by molar-refractivity contribution is 0.165. The van der Waals surface area contributed by atoms with E-state index >= 15 is 0 Å². The highest BCUT2D eigenvalue weighted by molar-refractivity contribution is 5.19. The van der Waals surface area contributed by atoms with Gasteiger partial charge in [0.15, 0.2) is 0 Å². The van der Waals surface area contributed by atoms with Crippen LogP contribution in [0.2, 0.25) is 0 Å². The summed E-state index contributed by atoms with van der Waals surface area (Å²) in [5, 5.41) is 0. The number of hydrogen-bond donors (Lipinski definition) is 1. The van der Waals surface area contributed by atoms with Gasteiger partial charge in [0.25, 0.3) is 0 Å². The zero-order chi connectivity index (χ0) is 15.0. The molecule has 0 saturated carbocycles. The van der Waals surface area contributed by atoms with Crippen LogP contribution in [0.25, 0.3) is 0 Å². The number of nitrogens with zero attached hydrogens (tertiary/aromatic N) is 1. The van der Waals surface area contributed by atoms with Crippen LogP contribution < -0.4 is 5.73 Å². The van der Waals surface area contributed by atoms with Gasteiger partial charge in [0.1, 0.15) is 0 Å². The molecule has 0 bridgehead atoms. The molecule has 0 aromatic heterocycles. The van der Waals surface area contributed by atoms with Crippen molar-refractivity contribution in [2.24, 2.45) is 11.7 Å². The number of unbranched alkanes of at least 4 members (excludes halogenated alkanes) is 1. The Morgan fingerprint density at radius 1 is 1.10 bits per heavy atom. The predicted octanol–water partition coefficient (Wildman–Crippen LogP) is 4.22. The molecule has 2 N–H and O–H groups in total. The molecule has 0 aliphatic rings. The van der Waals surface area contributed by atoms with Gasteiger partial charge >= 0.3 is 0 Å². The molecule has 1 aromatic rings. The van der Waals surface area contributed by atoms with Crippen LogP contribution in [0.15, 0.2) is 30.3 Å². The van der Waals surface area contributed by atoms with Crippen LogP contribution in [0.5, 0.6) is 0 Å². The normalized spacial score (nSPS) is 16.1. The van der Waals surface area contributed by atoms with Crippen LogP contribution in [0, 0.1) is 5.92 Å². The predicted molar refractivity (Wildman–Crippen MR) is 88.8 cm³/mol. The molecule has 3 unspecified atom stereocenters. The van der Waals surface area contributed by atoms with E-state index in [2.05, 4.69) is 56.9 Å². The van der Waals surface area contributed by atoms with E-state index in [4.69, 9.17) is 5.73 Å². The number of nitrogens with two attached hydrogens (primary N) is 1. The molecule has 2 nitrogen and oxygen atoms in total. The lowest BCUT2D eigenvalue weighted by atomic mass is 9.94. The first kappa shape index (κ1) is 17.2. The van der Waals surface area contributed by atoms with Crippen LogP contribution in [0.1, 0.15) is 58.6 Å². The minimum absolute atomic E-state index is 0.129. The van der Waals surface area contributed by atoms with Crippen molar-refractivity contribution in [2.45, 2.75) is 59.0 Å². The van der Waals surface area contributed by atoms with Crippen LogP contribution in [-0.4, -0.2) is 24.0 Å². The summed E-state index contributed by atoms with van der Waals surface area (Å²) in [6, 6.07) is 11.3. The number of hydrogen-bond acceptors (Lipinski definition) is 2. The zero-order valence-electron chi connectivity index (χ0n) is 13.7. The lowest BCUT2D eigenvalue weighted by Gasteiger charge is -2.33. The molecule has 0 fully saturated rings. The Hall–Kier alpha value is -0.860. The Morgan fingerprint density at radius 3 is 2.30 bits per heavy atom. The van der Waals surface area contributed by atoms with Gasteiger partial charge in [-0.3, -0.25) is 0 Å². The smallest absolute Gasteiger partial charge is 0.0333 e. The third-order valence-electron chi connectivity index (χ3n) is 4.33. The summed E-state index contributed by atoms with van der Waals surface area (Å²) in [4.78, 5) is 2.61. The molecule has 1 aromatic carbocycles. The topological polar surface area (TPSA) is 29.3 Å². The van der Waals surface area contributed by atoms with E-state index in [0.717, 1.165) is 6.54 Å². The van der Waals surface area contributed by atoms with E-state index in [9.17, 15) is 0 Å². The molecule has 0 heterocycles. The van der Waals surface area contributed by atoms with Gasteiger partial charge in [-0.05, 0) is 37.8 Å². The fraction of sp³-hybridized carbons (Fsp3) is 0.667. The Balaban J connectivity index is 2.62. The summed E-state index contributed by atoms with van der Waals surface area (Å²) < 4.78 is 0. The molecule has 3 atom stereocenters. The van der Waals surface area contributed by atoms with Crippen LogP contribution in [0.3, 0.4) is 0 Å². The average Bonchev–Trinajstić information content (AvgIpc) is 2.50. The highest BCUT2D eigenvalue weighted by Crippen LogP contribution is 2.21. The van der Waals surface area contributed by atoms with Crippen molar-refractivity contribution < 1.29 is 0 Å². The average molecular weight is 276 g/mol. The molecule has 0 amide bonds. The maximum absolute atomic E-state index is 6.43. The largest absolute Gasteiger partial charge is 0.324 e. The summed E-state index contributed by atoms with van der Waals surface area (Å²) in [6.07, 6.45) is 3.74. The fourth-order valence-electron chi connectivity index (χ4n) is 2.60. The second-order valence-corrected chi connectivity index (χ2v) is 6.02. The molecule has 2 heteroatoms. The van der Waals surface area contributed by atoms with Gasteiger partial charge < -0.3 is 10.6 Å². The van der Waals surface area contributed by atoms with Gasteiger partial charge in [0.05, 0.1) is 0 Å². The maximum Gasteiger partial charge on any atom is 0.0333 e. The number of rotatable bonds is 9. The molecule has 1 rings (SSSR count). The zero-order valence-corrected chi connectivity index (χ0v) is 13.7. The van der Waals surface area contributed by atoms with Gasteiger partial charge in [-0.25, -0.2) is 0 Å². The van der Waals surface area contributed by atoms with E-state index in [1.165, 1.54) is 31.4 Å². The first-order chi connectivity index (χ1) is 9.60. The summed E-state index contributed by atoms with van der Waals surface area (Å²) in [6.45, 7) is 11.4. The van der Waals surface area contributed by atoms with Crippen molar-refractivity contribution in [1.82, 2.24) is 4.90 Å². The first-order valence-corrected chi connectivity index (χ1v) is 8.14. The van der Waals surface area contributed by atoms with E-state index in [1.807, 2.05) is 6.07 Å². The fourth-order valence-corrected chi connectivity index (χ4v) is 2.60. The molecule has 114 valence electrons.